The van der Waals surface area contributed by atoms with Crippen molar-refractivity contribution in [2.75, 3.05) is 33.5 Å². The number of amides is 2. The monoisotopic (exact) mass is 730 g/mol. The highest BCUT2D eigenvalue weighted by Gasteiger charge is 2.24. The van der Waals surface area contributed by atoms with Gasteiger partial charge in [0.2, 0.25) is 0 Å². The number of hydrogen-bond acceptors (Lipinski definition) is 15. The topological polar surface area (TPSA) is 287 Å². The number of carboxylic acid groups (broad SMARTS) is 1. The first-order chi connectivity index (χ1) is 24.4. The molecule has 7 N–H and O–H groups in total. The fourth-order valence-corrected chi connectivity index (χ4v) is 4.33. The molecule has 0 fully saturated rings. The zero-order valence-electron chi connectivity index (χ0n) is 29.4. The predicted molar refractivity (Wildman–Crippen MR) is 188 cm³/mol. The maximum absolute atomic E-state index is 12.5. The molecule has 0 spiro atoms. The molecule has 2 amide bonds. The molecule has 0 aliphatic heterocycles. The lowest BCUT2D eigenvalue weighted by Crippen LogP contribution is -2.37. The summed E-state index contributed by atoms with van der Waals surface area (Å²) in [5, 5.41) is 14.3. The Labute approximate surface area is 295 Å². The van der Waals surface area contributed by atoms with Gasteiger partial charge in [0.15, 0.2) is 0 Å². The van der Waals surface area contributed by atoms with Gasteiger partial charge >= 0.3 is 28.5 Å². The lowest BCUT2D eigenvalue weighted by molar-refractivity contribution is -0.120. The van der Waals surface area contributed by atoms with Crippen LogP contribution in [0.1, 0.15) is 65.7 Å². The van der Waals surface area contributed by atoms with Crippen LogP contribution in [-0.4, -0.2) is 81.0 Å². The quantitative estimate of drug-likeness (QED) is 0.109. The molecule has 282 valence electrons. The Hall–Kier alpha value is -5.56. The van der Waals surface area contributed by atoms with E-state index in [0.29, 0.717) is 25.7 Å². The molecule has 0 aliphatic rings. The molecule has 18 heteroatoms. The van der Waals surface area contributed by atoms with Crippen molar-refractivity contribution in [3.05, 3.63) is 82.6 Å². The number of aromatic carboxylic acids is 1. The molecule has 2 heterocycles. The Morgan fingerprint density at radius 3 is 1.56 bits per heavy atom. The molecular formula is C34H42N4O14. The number of carbonyl (C=O) groups excluding carboxylic acids is 3. The average molecular weight is 731 g/mol. The summed E-state index contributed by atoms with van der Waals surface area (Å²) >= 11 is 0. The summed E-state index contributed by atoms with van der Waals surface area (Å²) in [6, 6.07) is 4.18. The largest absolute Gasteiger partial charge is 0.478 e. The molecule has 0 aliphatic carbocycles. The van der Waals surface area contributed by atoms with Crippen LogP contribution in [0.25, 0.3) is 21.5 Å². The van der Waals surface area contributed by atoms with Crippen molar-refractivity contribution in [2.24, 2.45) is 17.4 Å². The molecule has 0 radical (unpaired) electrons. The highest BCUT2D eigenvalue weighted by Crippen LogP contribution is 2.24. The van der Waals surface area contributed by atoms with Gasteiger partial charge in [0.05, 0.1) is 58.1 Å². The SMILES string of the molecule is CC(N)COCC(C)N.CNC(=O)c1cc(C(=O)NC(C)COCC(C)C)c(C(=O)O)cc1OC=O.O=c1oc(=O)c2cc3c(=O)oc(=O)c3cc12. The van der Waals surface area contributed by atoms with E-state index < -0.39 is 45.8 Å². The lowest BCUT2D eigenvalue weighted by atomic mass is 10.0. The maximum Gasteiger partial charge on any atom is 0.346 e. The Kier molecular flexibility index (Phi) is 16.2. The Balaban J connectivity index is 0.000000312. The third-order valence-corrected chi connectivity index (χ3v) is 6.61. The number of hydrogen-bond donors (Lipinski definition) is 5. The molecule has 0 saturated heterocycles. The molecule has 4 rings (SSSR count). The van der Waals surface area contributed by atoms with E-state index in [1.807, 2.05) is 27.7 Å². The fourth-order valence-electron chi connectivity index (χ4n) is 4.33. The molecule has 2 aromatic carbocycles. The third-order valence-electron chi connectivity index (χ3n) is 6.61. The highest BCUT2D eigenvalue weighted by molar-refractivity contribution is 6.08. The van der Waals surface area contributed by atoms with E-state index >= 15 is 0 Å². The number of nitrogens with one attached hydrogen (secondary N) is 2. The van der Waals surface area contributed by atoms with Crippen molar-refractivity contribution in [1.29, 1.82) is 0 Å². The summed E-state index contributed by atoms with van der Waals surface area (Å²) in [6.45, 7) is 11.5. The van der Waals surface area contributed by atoms with Gasteiger partial charge in [-0.25, -0.2) is 24.0 Å². The Bertz CT molecular complexity index is 1920. The van der Waals surface area contributed by atoms with Gasteiger partial charge in [0.1, 0.15) is 5.75 Å². The molecule has 4 aromatic rings. The fraction of sp³-hybridized carbons (Fsp3) is 0.412. The van der Waals surface area contributed by atoms with Crippen LogP contribution >= 0.6 is 0 Å². The van der Waals surface area contributed by atoms with Crippen molar-refractivity contribution in [3.63, 3.8) is 0 Å². The summed E-state index contributed by atoms with van der Waals surface area (Å²) in [5.74, 6) is -2.64. The summed E-state index contributed by atoms with van der Waals surface area (Å²) in [5.41, 5.74) is 6.77. The predicted octanol–water partition coefficient (Wildman–Crippen LogP) is 0.263. The molecule has 52 heavy (non-hydrogen) atoms. The van der Waals surface area contributed by atoms with E-state index in [1.54, 1.807) is 6.92 Å². The normalized spacial score (nSPS) is 12.6. The number of nitrogens with two attached hydrogens (primary N) is 2. The van der Waals surface area contributed by atoms with Gasteiger partial charge in [-0.15, -0.1) is 0 Å². The van der Waals surface area contributed by atoms with Crippen LogP contribution < -0.4 is 49.3 Å². The molecule has 2 aromatic heterocycles. The van der Waals surface area contributed by atoms with Crippen LogP contribution in [0.2, 0.25) is 0 Å². The number of fused-ring (bicyclic) bond motifs is 2. The second-order valence-corrected chi connectivity index (χ2v) is 12.1. The first-order valence-electron chi connectivity index (χ1n) is 15.8. The second-order valence-electron chi connectivity index (χ2n) is 12.1. The summed E-state index contributed by atoms with van der Waals surface area (Å²) in [4.78, 5) is 91.4. The minimum atomic E-state index is -1.40. The molecule has 0 bridgehead atoms. The van der Waals surface area contributed by atoms with Gasteiger partial charge < -0.3 is 50.3 Å². The third kappa shape index (κ3) is 12.0. The first kappa shape index (κ1) is 42.6. The van der Waals surface area contributed by atoms with Gasteiger partial charge in [0, 0.05) is 31.8 Å². The van der Waals surface area contributed by atoms with Gasteiger partial charge in [0.25, 0.3) is 18.3 Å². The van der Waals surface area contributed by atoms with Crippen LogP contribution in [-0.2, 0) is 14.3 Å². The second kappa shape index (κ2) is 19.7. The van der Waals surface area contributed by atoms with Crippen molar-refractivity contribution >= 4 is 45.8 Å². The van der Waals surface area contributed by atoms with Crippen molar-refractivity contribution in [3.8, 4) is 5.75 Å². The van der Waals surface area contributed by atoms with E-state index in [-0.39, 0.29) is 69.6 Å². The van der Waals surface area contributed by atoms with Crippen LogP contribution in [0.15, 0.2) is 52.3 Å². The van der Waals surface area contributed by atoms with Gasteiger partial charge in [-0.2, -0.15) is 0 Å². The van der Waals surface area contributed by atoms with Gasteiger partial charge in [-0.1, -0.05) is 13.8 Å². The van der Waals surface area contributed by atoms with E-state index in [9.17, 15) is 43.5 Å². The zero-order valence-corrected chi connectivity index (χ0v) is 29.4. The average Bonchev–Trinajstić information content (AvgIpc) is 3.51. The lowest BCUT2D eigenvalue weighted by Gasteiger charge is -2.17. The van der Waals surface area contributed by atoms with Crippen molar-refractivity contribution in [1.82, 2.24) is 10.6 Å². The molecular weight excluding hydrogens is 688 g/mol. The molecule has 3 atom stereocenters. The van der Waals surface area contributed by atoms with E-state index in [0.717, 1.165) is 24.3 Å². The van der Waals surface area contributed by atoms with E-state index in [1.165, 1.54) is 7.05 Å². The minimum absolute atomic E-state index is 0.0181. The van der Waals surface area contributed by atoms with Crippen molar-refractivity contribution < 1.29 is 47.3 Å². The van der Waals surface area contributed by atoms with Crippen molar-refractivity contribution in [2.45, 2.75) is 52.7 Å². The Morgan fingerprint density at radius 1 is 0.712 bits per heavy atom. The van der Waals surface area contributed by atoms with E-state index in [4.69, 9.17) is 20.9 Å². The molecule has 18 nitrogen and oxygen atoms in total. The maximum atomic E-state index is 12.5. The van der Waals surface area contributed by atoms with Crippen LogP contribution in [0, 0.1) is 5.92 Å². The number of benzene rings is 2. The number of ether oxygens (including phenoxy) is 3. The van der Waals surface area contributed by atoms with Crippen LogP contribution in [0.4, 0.5) is 0 Å². The number of carboxylic acids is 1. The Morgan fingerprint density at radius 2 is 1.17 bits per heavy atom. The highest BCUT2D eigenvalue weighted by atomic mass is 16.5. The summed E-state index contributed by atoms with van der Waals surface area (Å²) < 4.78 is 23.9. The van der Waals surface area contributed by atoms with Crippen LogP contribution in [0.3, 0.4) is 0 Å². The van der Waals surface area contributed by atoms with Crippen LogP contribution in [0.5, 0.6) is 5.75 Å². The standard InChI is InChI=1S/C18H24N2O7.C10H2O6.C6H16N2O/c1-10(2)7-26-8-11(3)20-17(23)12-5-14(16(22)19-4)15(27-9-21)6-13(12)18(24)25;11-7-3-1-4-6(10(14)16-8(4)12)2-5(3)9(13)15-7;1-5(7)3-9-4-6(2)8/h5-6,9-11H,7-8H2,1-4H3,(H,19,22)(H,20,23)(H,24,25);1-2H;5-6H,3-4,7-8H2,1-2H3. The first-order valence-corrected chi connectivity index (χ1v) is 15.8. The smallest absolute Gasteiger partial charge is 0.346 e. The summed E-state index contributed by atoms with van der Waals surface area (Å²) in [7, 11) is 1.35. The molecule has 0 saturated carbocycles. The van der Waals surface area contributed by atoms with Gasteiger partial charge in [-0.05, 0) is 51.0 Å². The zero-order chi connectivity index (χ0) is 39.3. The van der Waals surface area contributed by atoms with Gasteiger partial charge in [-0.3, -0.25) is 14.4 Å². The summed E-state index contributed by atoms with van der Waals surface area (Å²) in [6.07, 6.45) is 0. The van der Waals surface area contributed by atoms with E-state index in [2.05, 4.69) is 24.2 Å². The number of furan rings is 2. The molecule has 3 unspecified atom stereocenters. The number of carbonyl (C=O) groups is 4. The minimum Gasteiger partial charge on any atom is -0.478 e. The number of rotatable bonds is 14.